The van der Waals surface area contributed by atoms with Crippen LogP contribution in [-0.2, 0) is 32.7 Å². The van der Waals surface area contributed by atoms with E-state index in [0.29, 0.717) is 6.61 Å². The summed E-state index contributed by atoms with van der Waals surface area (Å²) in [7, 11) is -4.61. The zero-order chi connectivity index (χ0) is 39.8. The number of rotatable bonds is 43. The molecule has 0 amide bonds. The second-order valence-electron chi connectivity index (χ2n) is 15.2. The van der Waals surface area contributed by atoms with Crippen LogP contribution in [0, 0.1) is 0 Å². The van der Waals surface area contributed by atoms with Crippen LogP contribution in [0.3, 0.4) is 0 Å². The molecule has 0 saturated carbocycles. The Balaban J connectivity index is 4.19. The van der Waals surface area contributed by atoms with Crippen LogP contribution in [0.1, 0.15) is 213 Å². The van der Waals surface area contributed by atoms with Crippen LogP contribution in [0.15, 0.2) is 12.2 Å². The zero-order valence-electron chi connectivity index (χ0n) is 34.8. The molecule has 0 aliphatic heterocycles. The molecule has 0 aliphatic carbocycles. The summed E-state index contributed by atoms with van der Waals surface area (Å²) in [5.41, 5.74) is 5.35. The van der Waals surface area contributed by atoms with Crippen LogP contribution >= 0.6 is 7.82 Å². The van der Waals surface area contributed by atoms with E-state index in [9.17, 15) is 19.0 Å². The number of esters is 1. The van der Waals surface area contributed by atoms with Gasteiger partial charge in [-0.1, -0.05) is 180 Å². The predicted molar refractivity (Wildman–Crippen MR) is 222 cm³/mol. The first-order valence-corrected chi connectivity index (χ1v) is 23.7. The highest BCUT2D eigenvalue weighted by Gasteiger charge is 2.27. The number of carbonyl (C=O) groups is 2. The first kappa shape index (κ1) is 52.7. The van der Waals surface area contributed by atoms with Crippen molar-refractivity contribution in [2.24, 2.45) is 5.73 Å². The molecular formula is C43H84NO9P. The fourth-order valence-electron chi connectivity index (χ4n) is 6.31. The molecule has 3 unspecified atom stereocenters. The third kappa shape index (κ3) is 39.0. The summed E-state index contributed by atoms with van der Waals surface area (Å²) in [6.45, 7) is 3.90. The van der Waals surface area contributed by atoms with Crippen LogP contribution in [0.2, 0.25) is 0 Å². The summed E-state index contributed by atoms with van der Waals surface area (Å²) >= 11 is 0. The summed E-state index contributed by atoms with van der Waals surface area (Å²) < 4.78 is 33.4. The number of carbonyl (C=O) groups excluding carboxylic acids is 1. The molecule has 0 rings (SSSR count). The highest BCUT2D eigenvalue weighted by atomic mass is 31.2. The molecule has 0 aromatic heterocycles. The van der Waals surface area contributed by atoms with Crippen molar-refractivity contribution in [3.8, 4) is 0 Å². The lowest BCUT2D eigenvalue weighted by Gasteiger charge is -2.20. The zero-order valence-corrected chi connectivity index (χ0v) is 35.7. The number of carboxylic acids is 1. The van der Waals surface area contributed by atoms with E-state index < -0.39 is 45.1 Å². The lowest BCUT2D eigenvalue weighted by atomic mass is 10.0. The van der Waals surface area contributed by atoms with Crippen molar-refractivity contribution in [3.05, 3.63) is 12.2 Å². The Hall–Kier alpha value is -1.29. The van der Waals surface area contributed by atoms with E-state index >= 15 is 0 Å². The van der Waals surface area contributed by atoms with Gasteiger partial charge in [-0.05, 0) is 38.5 Å². The summed E-state index contributed by atoms with van der Waals surface area (Å²) in [6, 6.07) is -1.47. The Morgan fingerprint density at radius 2 is 0.963 bits per heavy atom. The summed E-state index contributed by atoms with van der Waals surface area (Å²) in [4.78, 5) is 33.5. The Bertz CT molecular complexity index is 919. The summed E-state index contributed by atoms with van der Waals surface area (Å²) in [5.74, 6) is -1.77. The predicted octanol–water partition coefficient (Wildman–Crippen LogP) is 12.1. The van der Waals surface area contributed by atoms with Crippen LogP contribution in [-0.4, -0.2) is 60.5 Å². The molecular weight excluding hydrogens is 705 g/mol. The standard InChI is InChI=1S/C43H84NO9P/c1-3-5-7-9-11-13-15-17-19-20-21-22-24-26-28-30-32-34-36-50-37-40(38-51-54(48,49)52-39-41(44)43(46)47)53-42(45)35-33-31-29-27-25-23-18-16-14-12-10-8-6-4-2/h17,19,40-41H,3-16,18,20-39,44H2,1-2H3,(H,46,47)(H,48,49)/b19-17-. The molecule has 0 aromatic carbocycles. The second-order valence-corrected chi connectivity index (χ2v) is 16.6. The number of ether oxygens (including phenoxy) is 2. The highest BCUT2D eigenvalue weighted by Crippen LogP contribution is 2.43. The van der Waals surface area contributed by atoms with Gasteiger partial charge in [0.15, 0.2) is 0 Å². The van der Waals surface area contributed by atoms with Gasteiger partial charge >= 0.3 is 19.8 Å². The minimum absolute atomic E-state index is 0.0204. The van der Waals surface area contributed by atoms with Gasteiger partial charge in [-0.15, -0.1) is 0 Å². The Kier molecular flexibility index (Phi) is 39.0. The largest absolute Gasteiger partial charge is 0.480 e. The maximum atomic E-state index is 12.6. The van der Waals surface area contributed by atoms with E-state index in [1.807, 2.05) is 0 Å². The Labute approximate surface area is 331 Å². The fourth-order valence-corrected chi connectivity index (χ4v) is 7.08. The van der Waals surface area contributed by atoms with Gasteiger partial charge in [0.1, 0.15) is 12.1 Å². The number of aliphatic carboxylic acids is 1. The molecule has 11 heteroatoms. The number of allylic oxidation sites excluding steroid dienone is 2. The fraction of sp³-hybridized carbons (Fsp3) is 0.907. The summed E-state index contributed by atoms with van der Waals surface area (Å²) in [6.07, 6.45) is 41.1. The molecule has 0 spiro atoms. The maximum absolute atomic E-state index is 12.6. The van der Waals surface area contributed by atoms with E-state index in [1.165, 1.54) is 154 Å². The van der Waals surface area contributed by atoms with Crippen LogP contribution < -0.4 is 5.73 Å². The topological polar surface area (TPSA) is 155 Å². The SMILES string of the molecule is CCCCCCCC/C=C\CCCCCCCCCCOCC(COP(=O)(O)OCC(N)C(=O)O)OC(=O)CCCCCCCCCCCCCCCC. The van der Waals surface area contributed by atoms with E-state index in [0.717, 1.165) is 38.5 Å². The van der Waals surface area contributed by atoms with Gasteiger partial charge in [0.25, 0.3) is 0 Å². The van der Waals surface area contributed by atoms with Gasteiger partial charge in [0.2, 0.25) is 0 Å². The summed E-state index contributed by atoms with van der Waals surface area (Å²) in [5, 5.41) is 8.89. The average molecular weight is 790 g/mol. The number of phosphoric ester groups is 1. The van der Waals surface area contributed by atoms with Gasteiger partial charge in [-0.3, -0.25) is 18.6 Å². The molecule has 0 saturated heterocycles. The second kappa shape index (κ2) is 39.9. The Morgan fingerprint density at radius 3 is 1.41 bits per heavy atom. The monoisotopic (exact) mass is 790 g/mol. The molecule has 10 nitrogen and oxygen atoms in total. The van der Waals surface area contributed by atoms with E-state index in [2.05, 4.69) is 26.0 Å². The van der Waals surface area contributed by atoms with Crippen molar-refractivity contribution < 1.29 is 42.7 Å². The third-order valence-corrected chi connectivity index (χ3v) is 10.7. The van der Waals surface area contributed by atoms with E-state index in [-0.39, 0.29) is 13.0 Å². The Morgan fingerprint density at radius 1 is 0.574 bits per heavy atom. The molecule has 4 N–H and O–H groups in total. The van der Waals surface area contributed by atoms with Crippen molar-refractivity contribution in [2.45, 2.75) is 225 Å². The first-order valence-electron chi connectivity index (χ1n) is 22.2. The minimum atomic E-state index is -4.61. The van der Waals surface area contributed by atoms with Crippen molar-refractivity contribution >= 4 is 19.8 Å². The van der Waals surface area contributed by atoms with Crippen molar-refractivity contribution in [1.29, 1.82) is 0 Å². The maximum Gasteiger partial charge on any atom is 0.472 e. The van der Waals surface area contributed by atoms with E-state index in [1.54, 1.807) is 0 Å². The van der Waals surface area contributed by atoms with Gasteiger partial charge in [0, 0.05) is 13.0 Å². The molecule has 320 valence electrons. The molecule has 0 fully saturated rings. The number of unbranched alkanes of at least 4 members (excludes halogenated alkanes) is 27. The molecule has 0 radical (unpaired) electrons. The molecule has 0 bridgehead atoms. The van der Waals surface area contributed by atoms with Gasteiger partial charge in [-0.2, -0.15) is 0 Å². The molecule has 54 heavy (non-hydrogen) atoms. The first-order chi connectivity index (χ1) is 26.2. The van der Waals surface area contributed by atoms with E-state index in [4.69, 9.17) is 29.4 Å². The lowest BCUT2D eigenvalue weighted by molar-refractivity contribution is -0.154. The van der Waals surface area contributed by atoms with Crippen molar-refractivity contribution in [3.63, 3.8) is 0 Å². The number of carboxylic acid groups (broad SMARTS) is 1. The van der Waals surface area contributed by atoms with Crippen LogP contribution in [0.25, 0.3) is 0 Å². The minimum Gasteiger partial charge on any atom is -0.480 e. The van der Waals surface area contributed by atoms with Gasteiger partial charge in [-0.25, -0.2) is 4.57 Å². The molecule has 3 atom stereocenters. The average Bonchev–Trinajstić information content (AvgIpc) is 3.15. The van der Waals surface area contributed by atoms with Crippen LogP contribution in [0.5, 0.6) is 0 Å². The van der Waals surface area contributed by atoms with Crippen LogP contribution in [0.4, 0.5) is 0 Å². The molecule has 0 heterocycles. The number of hydrogen-bond acceptors (Lipinski definition) is 8. The van der Waals surface area contributed by atoms with Gasteiger partial charge in [0.05, 0.1) is 19.8 Å². The molecule has 0 aromatic rings. The lowest BCUT2D eigenvalue weighted by Crippen LogP contribution is -2.34. The smallest absolute Gasteiger partial charge is 0.472 e. The third-order valence-electron chi connectivity index (χ3n) is 9.79. The number of nitrogens with two attached hydrogens (primary N) is 1. The van der Waals surface area contributed by atoms with Crippen molar-refractivity contribution in [2.75, 3.05) is 26.4 Å². The number of hydrogen-bond donors (Lipinski definition) is 3. The quantitative estimate of drug-likeness (QED) is 0.0235. The van der Waals surface area contributed by atoms with Crippen molar-refractivity contribution in [1.82, 2.24) is 0 Å². The van der Waals surface area contributed by atoms with Gasteiger partial charge < -0.3 is 25.2 Å². The molecule has 0 aliphatic rings. The normalized spacial score (nSPS) is 14.0. The highest BCUT2D eigenvalue weighted by molar-refractivity contribution is 7.47. The number of phosphoric acid groups is 1.